The number of ether oxygens (including phenoxy) is 1. The zero-order valence-corrected chi connectivity index (χ0v) is 18.1. The highest BCUT2D eigenvalue weighted by atomic mass is 16.5. The third-order valence-corrected chi connectivity index (χ3v) is 5.30. The third kappa shape index (κ3) is 3.46. The molecule has 2 heterocycles. The van der Waals surface area contributed by atoms with E-state index in [0.29, 0.717) is 0 Å². The Morgan fingerprint density at radius 1 is 0.625 bits per heavy atom. The lowest BCUT2D eigenvalue weighted by molar-refractivity contribution is 0.477. The number of aromatic nitrogens is 2. The predicted octanol–water partition coefficient (Wildman–Crippen LogP) is 7.90. The summed E-state index contributed by atoms with van der Waals surface area (Å²) in [6.45, 7) is 4.00. The van der Waals surface area contributed by atoms with Gasteiger partial charge in [0, 0.05) is 11.3 Å². The molecule has 1 aliphatic rings. The molecule has 0 bridgehead atoms. The molecular weight excluding hydrogens is 394 g/mol. The van der Waals surface area contributed by atoms with Gasteiger partial charge in [-0.2, -0.15) is 0 Å². The molecule has 1 aliphatic heterocycles. The normalized spacial score (nSPS) is 11.6. The molecule has 0 radical (unpaired) electrons. The predicted molar refractivity (Wildman–Crippen MR) is 131 cm³/mol. The smallest absolute Gasteiger partial charge is 0.151 e. The summed E-state index contributed by atoms with van der Waals surface area (Å²) < 4.78 is 6.10. The summed E-state index contributed by atoms with van der Waals surface area (Å²) >= 11 is 0. The largest absolute Gasteiger partial charge is 0.453 e. The lowest BCUT2D eigenvalue weighted by atomic mass is 10.1. The standard InChI is InChI=1S/C26H17N3O.C2H6/c1-2-8-21-20(7-1)27-17-22(28-21)18-13-15-19(16-14-18)29-23-9-3-5-11-25(23)30-26-12-6-4-10-24(26)29;1-2/h1-17H;1-2H3. The minimum atomic E-state index is 0.848. The Morgan fingerprint density at radius 2 is 1.19 bits per heavy atom. The molecule has 0 unspecified atom stereocenters. The molecule has 4 nitrogen and oxygen atoms in total. The van der Waals surface area contributed by atoms with Crippen LogP contribution in [0.5, 0.6) is 11.5 Å². The first-order valence-corrected chi connectivity index (χ1v) is 10.9. The van der Waals surface area contributed by atoms with Crippen molar-refractivity contribution in [1.82, 2.24) is 9.97 Å². The van der Waals surface area contributed by atoms with Crippen LogP contribution in [0.1, 0.15) is 13.8 Å². The summed E-state index contributed by atoms with van der Waals surface area (Å²) in [4.78, 5) is 11.5. The van der Waals surface area contributed by atoms with Crippen molar-refractivity contribution in [1.29, 1.82) is 0 Å². The number of para-hydroxylation sites is 6. The van der Waals surface area contributed by atoms with Gasteiger partial charge < -0.3 is 9.64 Å². The topological polar surface area (TPSA) is 38.2 Å². The first kappa shape index (κ1) is 19.8. The first-order valence-electron chi connectivity index (χ1n) is 10.9. The summed E-state index contributed by atoms with van der Waals surface area (Å²) in [5.41, 5.74) is 6.81. The Morgan fingerprint density at radius 3 is 1.84 bits per heavy atom. The van der Waals surface area contributed by atoms with Crippen molar-refractivity contribution in [3.05, 3.63) is 103 Å². The molecule has 0 N–H and O–H groups in total. The van der Waals surface area contributed by atoms with Crippen molar-refractivity contribution in [3.63, 3.8) is 0 Å². The van der Waals surface area contributed by atoms with Gasteiger partial charge in [0.1, 0.15) is 0 Å². The van der Waals surface area contributed by atoms with E-state index in [0.717, 1.165) is 50.9 Å². The molecule has 5 aromatic rings. The fourth-order valence-corrected chi connectivity index (χ4v) is 3.86. The van der Waals surface area contributed by atoms with Gasteiger partial charge in [-0.15, -0.1) is 0 Å². The van der Waals surface area contributed by atoms with Gasteiger partial charge in [0.2, 0.25) is 0 Å². The second-order valence-corrected chi connectivity index (χ2v) is 7.16. The number of benzene rings is 4. The molecule has 0 spiro atoms. The summed E-state index contributed by atoms with van der Waals surface area (Å²) in [6.07, 6.45) is 1.83. The first-order chi connectivity index (χ1) is 15.9. The highest BCUT2D eigenvalue weighted by molar-refractivity contribution is 5.86. The second kappa shape index (κ2) is 8.52. The van der Waals surface area contributed by atoms with Crippen LogP contribution in [0.25, 0.3) is 22.3 Å². The number of hydrogen-bond donors (Lipinski definition) is 0. The van der Waals surface area contributed by atoms with Gasteiger partial charge in [0.25, 0.3) is 0 Å². The maximum atomic E-state index is 6.10. The molecule has 156 valence electrons. The average molecular weight is 418 g/mol. The molecule has 4 heteroatoms. The van der Waals surface area contributed by atoms with Crippen molar-refractivity contribution in [2.24, 2.45) is 0 Å². The highest BCUT2D eigenvalue weighted by Gasteiger charge is 2.25. The van der Waals surface area contributed by atoms with E-state index in [9.17, 15) is 0 Å². The zero-order valence-electron chi connectivity index (χ0n) is 18.1. The van der Waals surface area contributed by atoms with Crippen molar-refractivity contribution in [3.8, 4) is 22.8 Å². The summed E-state index contributed by atoms with van der Waals surface area (Å²) in [5, 5.41) is 0. The Hall–Kier alpha value is -4.18. The molecule has 0 atom stereocenters. The van der Waals surface area contributed by atoms with Gasteiger partial charge >= 0.3 is 0 Å². The van der Waals surface area contributed by atoms with E-state index in [2.05, 4.69) is 46.3 Å². The van der Waals surface area contributed by atoms with E-state index in [-0.39, 0.29) is 0 Å². The van der Waals surface area contributed by atoms with Gasteiger partial charge in [-0.3, -0.25) is 4.98 Å². The van der Waals surface area contributed by atoms with Crippen LogP contribution in [0.2, 0.25) is 0 Å². The fraction of sp³-hybridized carbons (Fsp3) is 0.0714. The number of nitrogens with zero attached hydrogens (tertiary/aromatic N) is 3. The van der Waals surface area contributed by atoms with Crippen LogP contribution < -0.4 is 9.64 Å². The van der Waals surface area contributed by atoms with E-state index >= 15 is 0 Å². The molecule has 4 aromatic carbocycles. The van der Waals surface area contributed by atoms with Crippen LogP contribution in [0.3, 0.4) is 0 Å². The number of hydrogen-bond acceptors (Lipinski definition) is 4. The highest BCUT2D eigenvalue weighted by Crippen LogP contribution is 2.50. The van der Waals surface area contributed by atoms with Crippen molar-refractivity contribution in [2.45, 2.75) is 13.8 Å². The van der Waals surface area contributed by atoms with Gasteiger partial charge in [-0.1, -0.05) is 62.4 Å². The van der Waals surface area contributed by atoms with Crippen LogP contribution in [0.4, 0.5) is 17.1 Å². The SMILES string of the molecule is CC.c1ccc2c(c1)Oc1ccccc1N2c1ccc(-c2cnc3ccccc3n2)cc1. The zero-order chi connectivity index (χ0) is 21.9. The molecule has 32 heavy (non-hydrogen) atoms. The molecule has 1 aromatic heterocycles. The van der Waals surface area contributed by atoms with Crippen LogP contribution in [-0.2, 0) is 0 Å². The summed E-state index contributed by atoms with van der Waals surface area (Å²) in [6, 6.07) is 32.5. The Balaban J connectivity index is 0.00000105. The number of fused-ring (bicyclic) bond motifs is 3. The monoisotopic (exact) mass is 417 g/mol. The average Bonchev–Trinajstić information content (AvgIpc) is 2.88. The van der Waals surface area contributed by atoms with Gasteiger partial charge in [-0.05, 0) is 48.5 Å². The second-order valence-electron chi connectivity index (χ2n) is 7.16. The van der Waals surface area contributed by atoms with Gasteiger partial charge in [0.15, 0.2) is 11.5 Å². The number of rotatable bonds is 2. The molecule has 0 aliphatic carbocycles. The molecule has 6 rings (SSSR count). The Bertz CT molecular complexity index is 1330. The van der Waals surface area contributed by atoms with Crippen molar-refractivity contribution < 1.29 is 4.74 Å². The Labute approximate surface area is 187 Å². The third-order valence-electron chi connectivity index (χ3n) is 5.30. The van der Waals surface area contributed by atoms with Crippen molar-refractivity contribution in [2.75, 3.05) is 4.90 Å². The van der Waals surface area contributed by atoms with Crippen LogP contribution in [0, 0.1) is 0 Å². The molecule has 0 saturated heterocycles. The molecule has 0 fully saturated rings. The van der Waals surface area contributed by atoms with E-state index in [1.165, 1.54) is 0 Å². The lowest BCUT2D eigenvalue weighted by Gasteiger charge is -2.32. The quantitative estimate of drug-likeness (QED) is 0.287. The minimum absolute atomic E-state index is 0.848. The van der Waals surface area contributed by atoms with Crippen LogP contribution >= 0.6 is 0 Å². The minimum Gasteiger partial charge on any atom is -0.453 e. The van der Waals surface area contributed by atoms with Crippen molar-refractivity contribution >= 4 is 28.1 Å². The maximum Gasteiger partial charge on any atom is 0.151 e. The Kier molecular flexibility index (Phi) is 5.26. The summed E-state index contributed by atoms with van der Waals surface area (Å²) in [7, 11) is 0. The van der Waals surface area contributed by atoms with Crippen LogP contribution in [0.15, 0.2) is 103 Å². The van der Waals surface area contributed by atoms with Gasteiger partial charge in [0.05, 0.1) is 34.3 Å². The van der Waals surface area contributed by atoms with E-state index in [4.69, 9.17) is 9.72 Å². The van der Waals surface area contributed by atoms with Crippen LogP contribution in [-0.4, -0.2) is 9.97 Å². The fourth-order valence-electron chi connectivity index (χ4n) is 3.86. The van der Waals surface area contributed by atoms with Gasteiger partial charge in [-0.25, -0.2) is 4.98 Å². The van der Waals surface area contributed by atoms with E-state index in [1.54, 1.807) is 0 Å². The van der Waals surface area contributed by atoms with E-state index < -0.39 is 0 Å². The molecular formula is C28H23N3O. The molecule has 0 amide bonds. The maximum absolute atomic E-state index is 6.10. The van der Waals surface area contributed by atoms with E-state index in [1.807, 2.05) is 80.7 Å². The number of anilines is 3. The summed E-state index contributed by atoms with van der Waals surface area (Å²) in [5.74, 6) is 1.70. The lowest BCUT2D eigenvalue weighted by Crippen LogP contribution is -2.15. The molecule has 0 saturated carbocycles.